The molecule has 0 bridgehead atoms. The van der Waals surface area contributed by atoms with E-state index in [9.17, 15) is 10.5 Å². The van der Waals surface area contributed by atoms with Crippen LogP contribution in [-0.2, 0) is 0 Å². The molecule has 0 saturated carbocycles. The lowest BCUT2D eigenvalue weighted by Crippen LogP contribution is -2.11. The van der Waals surface area contributed by atoms with Crippen molar-refractivity contribution >= 4 is 107 Å². The van der Waals surface area contributed by atoms with Crippen molar-refractivity contribution in [3.63, 3.8) is 0 Å². The van der Waals surface area contributed by atoms with Gasteiger partial charge in [0, 0.05) is 63.6 Å². The van der Waals surface area contributed by atoms with E-state index in [2.05, 4.69) is 234 Å². The number of para-hydroxylation sites is 1. The highest BCUT2D eigenvalue weighted by molar-refractivity contribution is 7.27. The third kappa shape index (κ3) is 6.71. The normalized spacial score (nSPS) is 11.7. The molecule has 0 amide bonds. The molecule has 4 aromatic heterocycles. The summed E-state index contributed by atoms with van der Waals surface area (Å²) in [7, 11) is 0. The van der Waals surface area contributed by atoms with Crippen LogP contribution >= 0.6 is 22.7 Å². The van der Waals surface area contributed by atoms with Gasteiger partial charge in [0.2, 0.25) is 0 Å². The van der Waals surface area contributed by atoms with Crippen LogP contribution < -0.4 is 0 Å². The lowest BCUT2D eigenvalue weighted by molar-refractivity contribution is 1.13. The predicted octanol–water partition coefficient (Wildman–Crippen LogP) is 20.7. The van der Waals surface area contributed by atoms with Crippen molar-refractivity contribution in [3.8, 4) is 79.1 Å². The Morgan fingerprint density at radius 2 is 0.700 bits per heavy atom. The molecule has 0 N–H and O–H groups in total. The second kappa shape index (κ2) is 18.1. The first-order valence-electron chi connectivity index (χ1n) is 26.8. The number of thiophene rings is 2. The average molecular weight is 1050 g/mol. The molecular weight excluding hydrogens is 1010 g/mol. The Morgan fingerprint density at radius 1 is 0.300 bits per heavy atom. The number of rotatable bonds is 7. The number of nitrogens with zero attached hydrogens (tertiary/aromatic N) is 4. The van der Waals surface area contributed by atoms with Crippen molar-refractivity contribution in [2.75, 3.05) is 0 Å². The van der Waals surface area contributed by atoms with Crippen LogP contribution in [0.15, 0.2) is 255 Å². The Labute approximate surface area is 468 Å². The number of hydrogen-bond acceptors (Lipinski definition) is 4. The van der Waals surface area contributed by atoms with Gasteiger partial charge >= 0.3 is 0 Å². The number of benzene rings is 12. The van der Waals surface area contributed by atoms with Gasteiger partial charge in [0.1, 0.15) is 12.1 Å². The molecule has 0 saturated heterocycles. The fraction of sp³-hybridized carbons (Fsp3) is 0. The van der Waals surface area contributed by atoms with Crippen LogP contribution in [0.4, 0.5) is 0 Å². The molecule has 370 valence electrons. The van der Waals surface area contributed by atoms with Crippen molar-refractivity contribution in [2.24, 2.45) is 0 Å². The predicted molar refractivity (Wildman–Crippen MR) is 338 cm³/mol. The zero-order valence-electron chi connectivity index (χ0n) is 42.9. The molecular formula is C74H42N4S2. The highest BCUT2D eigenvalue weighted by Gasteiger charge is 2.34. The smallest absolute Gasteiger partial charge is 0.102 e. The Hall–Kier alpha value is -10.3. The summed E-state index contributed by atoms with van der Waals surface area (Å²) in [5, 5.41) is 33.6. The Morgan fingerprint density at radius 3 is 1.20 bits per heavy atom. The van der Waals surface area contributed by atoms with E-state index < -0.39 is 0 Å². The highest BCUT2D eigenvalue weighted by atomic mass is 32.1. The maximum atomic E-state index is 12.5. The number of aromatic nitrogens is 2. The summed E-state index contributed by atoms with van der Waals surface area (Å²) in [5.41, 5.74) is 16.0. The molecule has 0 atom stereocenters. The summed E-state index contributed by atoms with van der Waals surface area (Å²) in [6, 6.07) is 96.0. The first-order chi connectivity index (χ1) is 39.7. The van der Waals surface area contributed by atoms with Crippen molar-refractivity contribution in [3.05, 3.63) is 266 Å². The third-order valence-electron chi connectivity index (χ3n) is 16.2. The molecule has 0 fully saturated rings. The van der Waals surface area contributed by atoms with Crippen LogP contribution in [-0.4, -0.2) is 9.13 Å². The van der Waals surface area contributed by atoms with Gasteiger partial charge in [-0.2, -0.15) is 10.5 Å². The lowest BCUT2D eigenvalue weighted by atomic mass is 9.86. The van der Waals surface area contributed by atoms with Gasteiger partial charge in [0.25, 0.3) is 0 Å². The second-order valence-corrected chi connectivity index (χ2v) is 22.5. The Balaban J connectivity index is 1.20. The summed E-state index contributed by atoms with van der Waals surface area (Å²) in [6.07, 6.45) is 0. The van der Waals surface area contributed by atoms with Crippen LogP contribution in [0.5, 0.6) is 0 Å². The van der Waals surface area contributed by atoms with Gasteiger partial charge in [-0.1, -0.05) is 212 Å². The summed E-state index contributed by atoms with van der Waals surface area (Å²) in [6.45, 7) is 0. The molecule has 0 radical (unpaired) electrons. The quantitative estimate of drug-likeness (QED) is 0.160. The first-order valence-corrected chi connectivity index (χ1v) is 28.4. The minimum absolute atomic E-state index is 0.419. The van der Waals surface area contributed by atoms with Gasteiger partial charge < -0.3 is 9.13 Å². The fourth-order valence-electron chi connectivity index (χ4n) is 12.8. The zero-order chi connectivity index (χ0) is 53.0. The topological polar surface area (TPSA) is 57.4 Å². The standard InChI is InChI=1S/C74H42N4S2/c75-43-59-65(48-28-12-4-13-29-48)60(44-76)70(66(49-30-14-5-15-31-49)69(59)77-61-35-19-16-32-51(61)56-40-50(38-39-62(56)77)45-22-6-1-7-23-45)78-71-57(41-54(46-24-8-2-9-25-46)67-52-33-17-20-36-63(52)79-73(67)71)58-42-55(47-26-10-3-11-27-47)68-53-34-18-21-37-64(53)80-74(68)72(58)78/h1-42H. The lowest BCUT2D eigenvalue weighted by Gasteiger charge is -2.26. The van der Waals surface area contributed by atoms with Gasteiger partial charge in [-0.25, -0.2) is 0 Å². The minimum atomic E-state index is 0.419. The third-order valence-corrected chi connectivity index (χ3v) is 18.5. The van der Waals surface area contributed by atoms with Crippen molar-refractivity contribution < 1.29 is 0 Å². The molecule has 16 rings (SSSR count). The summed E-state index contributed by atoms with van der Waals surface area (Å²) in [5.74, 6) is 0. The molecule has 0 aliphatic carbocycles. The fourth-order valence-corrected chi connectivity index (χ4v) is 15.4. The highest BCUT2D eigenvalue weighted by Crippen LogP contribution is 2.55. The van der Waals surface area contributed by atoms with E-state index in [1.807, 2.05) is 42.5 Å². The van der Waals surface area contributed by atoms with E-state index in [1.165, 1.54) is 20.2 Å². The van der Waals surface area contributed by atoms with E-state index in [4.69, 9.17) is 0 Å². The van der Waals surface area contributed by atoms with E-state index >= 15 is 0 Å². The molecule has 0 aliphatic rings. The maximum Gasteiger partial charge on any atom is 0.102 e. The van der Waals surface area contributed by atoms with Crippen LogP contribution in [0, 0.1) is 22.7 Å². The van der Waals surface area contributed by atoms with Gasteiger partial charge in [0.15, 0.2) is 0 Å². The summed E-state index contributed by atoms with van der Waals surface area (Å²) < 4.78 is 9.38. The molecule has 0 spiro atoms. The first kappa shape index (κ1) is 45.8. The molecule has 0 unspecified atom stereocenters. The molecule has 80 heavy (non-hydrogen) atoms. The average Bonchev–Trinajstić information content (AvgIpc) is 4.48. The molecule has 4 nitrogen and oxygen atoms in total. The molecule has 12 aromatic carbocycles. The Kier molecular flexibility index (Phi) is 10.4. The number of nitriles is 2. The zero-order valence-corrected chi connectivity index (χ0v) is 44.5. The number of fused-ring (bicyclic) bond motifs is 14. The molecule has 0 aliphatic heterocycles. The summed E-state index contributed by atoms with van der Waals surface area (Å²) >= 11 is 3.61. The minimum Gasteiger partial charge on any atom is -0.307 e. The van der Waals surface area contributed by atoms with Crippen LogP contribution in [0.2, 0.25) is 0 Å². The Bertz CT molecular complexity index is 5120. The van der Waals surface area contributed by atoms with E-state index in [1.54, 1.807) is 22.7 Å². The van der Waals surface area contributed by atoms with Crippen LogP contribution in [0.3, 0.4) is 0 Å². The number of hydrogen-bond donors (Lipinski definition) is 0. The van der Waals surface area contributed by atoms with Crippen molar-refractivity contribution in [1.82, 2.24) is 9.13 Å². The van der Waals surface area contributed by atoms with Crippen molar-refractivity contribution in [2.45, 2.75) is 0 Å². The SMILES string of the molecule is N#Cc1c(-c2ccccc2)c(C#N)c(-n2c3c(cc(-c4ccccc4)c4c5ccccc5sc43)c3cc(-c4ccccc4)c4c5ccccc5sc4c32)c(-c2ccccc2)c1-n1c2ccccc2c2cc(-c3ccccc3)ccc21. The van der Waals surface area contributed by atoms with Gasteiger partial charge in [-0.15, -0.1) is 22.7 Å². The monoisotopic (exact) mass is 1050 g/mol. The van der Waals surface area contributed by atoms with Gasteiger partial charge in [-0.05, 0) is 87.0 Å². The van der Waals surface area contributed by atoms with E-state index in [-0.39, 0.29) is 0 Å². The molecule has 6 heteroatoms. The maximum absolute atomic E-state index is 12.5. The van der Waals surface area contributed by atoms with Crippen LogP contribution in [0.25, 0.3) is 151 Å². The largest absolute Gasteiger partial charge is 0.307 e. The van der Waals surface area contributed by atoms with Crippen molar-refractivity contribution in [1.29, 1.82) is 10.5 Å². The van der Waals surface area contributed by atoms with Gasteiger partial charge in [-0.3, -0.25) is 0 Å². The summed E-state index contributed by atoms with van der Waals surface area (Å²) in [4.78, 5) is 0. The second-order valence-electron chi connectivity index (χ2n) is 20.4. The molecule has 4 heterocycles. The molecule has 16 aromatic rings. The van der Waals surface area contributed by atoms with E-state index in [0.717, 1.165) is 120 Å². The van der Waals surface area contributed by atoms with Gasteiger partial charge in [0.05, 0.1) is 54.0 Å². The van der Waals surface area contributed by atoms with E-state index in [0.29, 0.717) is 22.4 Å². The van der Waals surface area contributed by atoms with Crippen LogP contribution in [0.1, 0.15) is 11.1 Å².